The highest BCUT2D eigenvalue weighted by atomic mass is 16.5. The minimum Gasteiger partial charge on any atom is -0.507 e. The Kier molecular flexibility index (Phi) is 4.33. The molecule has 0 unspecified atom stereocenters. The number of nitrogens with two attached hydrogens (primary N) is 1. The highest BCUT2D eigenvalue weighted by molar-refractivity contribution is 5.96. The fourth-order valence-corrected chi connectivity index (χ4v) is 1.99. The van der Waals surface area contributed by atoms with Crippen molar-refractivity contribution < 1.29 is 14.6 Å². The lowest BCUT2D eigenvalue weighted by Crippen LogP contribution is -2.26. The molecule has 5 heteroatoms. The fraction of sp³-hybridized carbons (Fsp3) is 0.188. The Balaban J connectivity index is 2.13. The average molecular weight is 286 g/mol. The van der Waals surface area contributed by atoms with Crippen LogP contribution in [0.3, 0.4) is 0 Å². The van der Waals surface area contributed by atoms with E-state index in [-0.39, 0.29) is 17.2 Å². The summed E-state index contributed by atoms with van der Waals surface area (Å²) in [7, 11) is 3.19. The second-order valence-corrected chi connectivity index (χ2v) is 4.79. The van der Waals surface area contributed by atoms with E-state index in [0.717, 1.165) is 5.56 Å². The largest absolute Gasteiger partial charge is 0.507 e. The van der Waals surface area contributed by atoms with Crippen LogP contribution in [0.5, 0.6) is 11.5 Å². The van der Waals surface area contributed by atoms with Gasteiger partial charge in [-0.15, -0.1) is 0 Å². The Hall–Kier alpha value is -2.69. The lowest BCUT2D eigenvalue weighted by atomic mass is 10.1. The van der Waals surface area contributed by atoms with E-state index in [0.29, 0.717) is 18.0 Å². The molecule has 0 aliphatic heterocycles. The summed E-state index contributed by atoms with van der Waals surface area (Å²) >= 11 is 0. The fourth-order valence-electron chi connectivity index (χ4n) is 1.99. The van der Waals surface area contributed by atoms with E-state index < -0.39 is 0 Å². The Morgan fingerprint density at radius 1 is 1.24 bits per heavy atom. The number of hydrogen-bond acceptors (Lipinski definition) is 4. The molecule has 0 fully saturated rings. The molecule has 0 aliphatic rings. The number of nitrogen functional groups attached to an aromatic ring is 1. The highest BCUT2D eigenvalue weighted by Crippen LogP contribution is 2.24. The van der Waals surface area contributed by atoms with Crippen molar-refractivity contribution in [2.45, 2.75) is 6.54 Å². The first-order valence-corrected chi connectivity index (χ1v) is 6.48. The molecule has 0 aliphatic carbocycles. The zero-order valence-corrected chi connectivity index (χ0v) is 12.0. The molecule has 0 saturated carbocycles. The summed E-state index contributed by atoms with van der Waals surface area (Å²) in [5, 5.41) is 9.90. The van der Waals surface area contributed by atoms with Crippen LogP contribution in [0.25, 0.3) is 0 Å². The molecule has 2 aromatic rings. The predicted molar refractivity (Wildman–Crippen MR) is 81.3 cm³/mol. The van der Waals surface area contributed by atoms with E-state index in [2.05, 4.69) is 0 Å². The minimum absolute atomic E-state index is 0.0940. The maximum Gasteiger partial charge on any atom is 0.257 e. The number of methoxy groups -OCH3 is 1. The van der Waals surface area contributed by atoms with Crippen LogP contribution in [0.2, 0.25) is 0 Å². The van der Waals surface area contributed by atoms with Crippen molar-refractivity contribution in [3.63, 3.8) is 0 Å². The Morgan fingerprint density at radius 2 is 1.90 bits per heavy atom. The summed E-state index contributed by atoms with van der Waals surface area (Å²) < 4.78 is 5.00. The number of nitrogens with zero attached hydrogens (tertiary/aromatic N) is 1. The van der Waals surface area contributed by atoms with Gasteiger partial charge in [0.05, 0.1) is 12.7 Å². The van der Waals surface area contributed by atoms with Crippen molar-refractivity contribution in [1.82, 2.24) is 4.90 Å². The molecule has 0 saturated heterocycles. The van der Waals surface area contributed by atoms with Crippen molar-refractivity contribution in [3.05, 3.63) is 53.6 Å². The maximum absolute atomic E-state index is 12.3. The van der Waals surface area contributed by atoms with Gasteiger partial charge < -0.3 is 20.5 Å². The number of amides is 1. The topological polar surface area (TPSA) is 75.8 Å². The van der Waals surface area contributed by atoms with Crippen LogP contribution in [0.15, 0.2) is 42.5 Å². The molecule has 3 N–H and O–H groups in total. The summed E-state index contributed by atoms with van der Waals surface area (Å²) in [6.45, 7) is 0.435. The Labute approximate surface area is 123 Å². The quantitative estimate of drug-likeness (QED) is 0.845. The van der Waals surface area contributed by atoms with Gasteiger partial charge in [0.25, 0.3) is 5.91 Å². The molecule has 0 bridgehead atoms. The number of carbonyl (C=O) groups is 1. The van der Waals surface area contributed by atoms with Gasteiger partial charge in [0.15, 0.2) is 0 Å². The van der Waals surface area contributed by atoms with E-state index in [9.17, 15) is 9.90 Å². The first-order chi connectivity index (χ1) is 10.0. The smallest absolute Gasteiger partial charge is 0.257 e. The zero-order chi connectivity index (χ0) is 15.4. The van der Waals surface area contributed by atoms with Crippen LogP contribution in [0, 0.1) is 0 Å². The highest BCUT2D eigenvalue weighted by Gasteiger charge is 2.16. The van der Waals surface area contributed by atoms with Crippen molar-refractivity contribution in [1.29, 1.82) is 0 Å². The van der Waals surface area contributed by atoms with Gasteiger partial charge in [-0.25, -0.2) is 0 Å². The molecule has 1 amide bonds. The van der Waals surface area contributed by atoms with Crippen molar-refractivity contribution in [2.75, 3.05) is 19.9 Å². The number of aromatic hydroxyl groups is 1. The van der Waals surface area contributed by atoms with Gasteiger partial charge in [-0.1, -0.05) is 12.1 Å². The number of phenols is 1. The normalized spacial score (nSPS) is 10.2. The van der Waals surface area contributed by atoms with Gasteiger partial charge in [-0.2, -0.15) is 0 Å². The SMILES string of the molecule is COc1ccc(C(=O)N(C)Cc2ccc(N)cc2)c(O)c1. The van der Waals surface area contributed by atoms with Gasteiger partial charge in [0, 0.05) is 25.3 Å². The molecule has 2 aromatic carbocycles. The van der Waals surface area contributed by atoms with Gasteiger partial charge in [-0.05, 0) is 29.8 Å². The predicted octanol–water partition coefficient (Wildman–Crippen LogP) is 2.26. The molecule has 0 radical (unpaired) electrons. The van der Waals surface area contributed by atoms with Crippen LogP contribution in [-0.2, 0) is 6.54 Å². The molecule has 110 valence electrons. The number of carbonyl (C=O) groups excluding carboxylic acids is 1. The molecular weight excluding hydrogens is 268 g/mol. The zero-order valence-electron chi connectivity index (χ0n) is 12.0. The van der Waals surface area contributed by atoms with E-state index in [1.165, 1.54) is 18.1 Å². The number of benzene rings is 2. The number of ether oxygens (including phenoxy) is 1. The molecule has 21 heavy (non-hydrogen) atoms. The summed E-state index contributed by atoms with van der Waals surface area (Å²) in [4.78, 5) is 13.9. The van der Waals surface area contributed by atoms with Crippen molar-refractivity contribution in [2.24, 2.45) is 0 Å². The van der Waals surface area contributed by atoms with Gasteiger partial charge in [0.1, 0.15) is 11.5 Å². The number of anilines is 1. The third-order valence-electron chi connectivity index (χ3n) is 3.18. The second-order valence-electron chi connectivity index (χ2n) is 4.79. The summed E-state index contributed by atoms with van der Waals surface area (Å²) in [6.07, 6.45) is 0. The van der Waals surface area contributed by atoms with Crippen LogP contribution in [0.1, 0.15) is 15.9 Å². The lowest BCUT2D eigenvalue weighted by molar-refractivity contribution is 0.0782. The average Bonchev–Trinajstić information content (AvgIpc) is 2.48. The lowest BCUT2D eigenvalue weighted by Gasteiger charge is -2.18. The van der Waals surface area contributed by atoms with Crippen LogP contribution in [-0.4, -0.2) is 30.1 Å². The van der Waals surface area contributed by atoms with E-state index >= 15 is 0 Å². The molecule has 2 rings (SSSR count). The van der Waals surface area contributed by atoms with Crippen LogP contribution >= 0.6 is 0 Å². The summed E-state index contributed by atoms with van der Waals surface area (Å²) in [5.74, 6) is 0.153. The molecule has 0 spiro atoms. The van der Waals surface area contributed by atoms with Gasteiger partial charge >= 0.3 is 0 Å². The third-order valence-corrected chi connectivity index (χ3v) is 3.18. The van der Waals surface area contributed by atoms with E-state index in [1.54, 1.807) is 31.3 Å². The van der Waals surface area contributed by atoms with Crippen molar-refractivity contribution in [3.8, 4) is 11.5 Å². The standard InChI is InChI=1S/C16H18N2O3/c1-18(10-11-3-5-12(17)6-4-11)16(20)14-8-7-13(21-2)9-15(14)19/h3-9,19H,10,17H2,1-2H3. The number of hydrogen-bond donors (Lipinski definition) is 2. The first-order valence-electron chi connectivity index (χ1n) is 6.48. The Bertz CT molecular complexity index is 638. The molecule has 0 aromatic heterocycles. The molecule has 0 atom stereocenters. The molecule has 5 nitrogen and oxygen atoms in total. The number of phenolic OH excluding ortho intramolecular Hbond substituents is 1. The van der Waals surface area contributed by atoms with Gasteiger partial charge in [0.2, 0.25) is 0 Å². The van der Waals surface area contributed by atoms with E-state index in [4.69, 9.17) is 10.5 Å². The van der Waals surface area contributed by atoms with Gasteiger partial charge in [-0.3, -0.25) is 4.79 Å². The maximum atomic E-state index is 12.3. The molecular formula is C16H18N2O3. The monoisotopic (exact) mass is 286 g/mol. The third kappa shape index (κ3) is 3.45. The molecule has 0 heterocycles. The van der Waals surface area contributed by atoms with Crippen molar-refractivity contribution >= 4 is 11.6 Å². The van der Waals surface area contributed by atoms with Crippen LogP contribution in [0.4, 0.5) is 5.69 Å². The van der Waals surface area contributed by atoms with Crippen LogP contribution < -0.4 is 10.5 Å². The summed E-state index contributed by atoms with van der Waals surface area (Å²) in [5.41, 5.74) is 7.52. The van der Waals surface area contributed by atoms with E-state index in [1.807, 2.05) is 12.1 Å². The minimum atomic E-state index is -0.257. The number of rotatable bonds is 4. The second kappa shape index (κ2) is 6.17. The summed E-state index contributed by atoms with van der Waals surface area (Å²) in [6, 6.07) is 11.9. The first kappa shape index (κ1) is 14.7. The Morgan fingerprint density at radius 3 is 2.48 bits per heavy atom.